The fraction of sp³-hybridized carbons (Fsp3) is 0.438. The molecule has 5 unspecified atom stereocenters. The van der Waals surface area contributed by atoms with Gasteiger partial charge in [-0.2, -0.15) is 0 Å². The zero-order chi connectivity index (χ0) is 15.5. The van der Waals surface area contributed by atoms with Crippen molar-refractivity contribution in [3.8, 4) is 0 Å². The van der Waals surface area contributed by atoms with Gasteiger partial charge in [0.05, 0.1) is 24.6 Å². The molecule has 5 atom stereocenters. The number of likely N-dealkylation sites (tertiary alicyclic amines) is 1. The summed E-state index contributed by atoms with van der Waals surface area (Å²) in [5.74, 6) is -2.51. The second kappa shape index (κ2) is 4.39. The van der Waals surface area contributed by atoms with Gasteiger partial charge in [0.2, 0.25) is 5.91 Å². The van der Waals surface area contributed by atoms with Gasteiger partial charge in [0.25, 0.3) is 0 Å². The van der Waals surface area contributed by atoms with E-state index in [1.165, 1.54) is 0 Å². The molecule has 6 heteroatoms. The first-order valence-electron chi connectivity index (χ1n) is 7.34. The largest absolute Gasteiger partial charge is 0.481 e. The molecule has 0 saturated carbocycles. The van der Waals surface area contributed by atoms with Crippen LogP contribution < -0.4 is 0 Å². The van der Waals surface area contributed by atoms with Crippen molar-refractivity contribution < 1.29 is 19.4 Å². The van der Waals surface area contributed by atoms with E-state index >= 15 is 0 Å². The summed E-state index contributed by atoms with van der Waals surface area (Å²) in [6.07, 6.45) is 6.55. The molecule has 22 heavy (non-hydrogen) atoms. The van der Waals surface area contributed by atoms with Crippen molar-refractivity contribution in [2.24, 2.45) is 11.8 Å². The van der Waals surface area contributed by atoms with Gasteiger partial charge in [-0.25, -0.2) is 0 Å². The summed E-state index contributed by atoms with van der Waals surface area (Å²) in [4.78, 5) is 30.1. The molecule has 1 N–H and O–H groups in total. The third kappa shape index (κ3) is 1.61. The molecule has 1 amide bonds. The van der Waals surface area contributed by atoms with Crippen molar-refractivity contribution in [3.05, 3.63) is 42.2 Å². The van der Waals surface area contributed by atoms with E-state index in [4.69, 9.17) is 4.74 Å². The van der Waals surface area contributed by atoms with Gasteiger partial charge in [0.1, 0.15) is 11.5 Å². The van der Waals surface area contributed by atoms with Crippen LogP contribution in [0.15, 0.2) is 36.7 Å². The van der Waals surface area contributed by atoms with E-state index in [1.807, 2.05) is 25.1 Å². The normalized spacial score (nSPS) is 36.7. The highest BCUT2D eigenvalue weighted by Gasteiger charge is 2.67. The minimum absolute atomic E-state index is 0.136. The monoisotopic (exact) mass is 300 g/mol. The first kappa shape index (κ1) is 13.5. The first-order chi connectivity index (χ1) is 10.5. The van der Waals surface area contributed by atoms with Gasteiger partial charge < -0.3 is 14.7 Å². The lowest BCUT2D eigenvalue weighted by atomic mass is 9.77. The van der Waals surface area contributed by atoms with Crippen molar-refractivity contribution in [2.75, 3.05) is 6.54 Å². The Morgan fingerprint density at radius 3 is 2.91 bits per heavy atom. The van der Waals surface area contributed by atoms with Crippen LogP contribution in [-0.2, 0) is 14.3 Å². The molecule has 2 bridgehead atoms. The predicted octanol–water partition coefficient (Wildman–Crippen LogP) is 1.01. The van der Waals surface area contributed by atoms with Crippen molar-refractivity contribution in [1.29, 1.82) is 0 Å². The molecule has 1 aromatic rings. The predicted molar refractivity (Wildman–Crippen MR) is 75.7 cm³/mol. The lowest BCUT2D eigenvalue weighted by Gasteiger charge is -2.27. The highest BCUT2D eigenvalue weighted by Crippen LogP contribution is 2.53. The third-order valence-corrected chi connectivity index (χ3v) is 5.07. The van der Waals surface area contributed by atoms with Crippen LogP contribution in [-0.4, -0.2) is 45.1 Å². The van der Waals surface area contributed by atoms with Crippen LogP contribution in [0.5, 0.6) is 0 Å². The lowest BCUT2D eigenvalue weighted by Crippen LogP contribution is -2.39. The summed E-state index contributed by atoms with van der Waals surface area (Å²) in [6, 6.07) is 3.60. The third-order valence-electron chi connectivity index (χ3n) is 5.07. The van der Waals surface area contributed by atoms with Gasteiger partial charge in [-0.1, -0.05) is 12.2 Å². The number of hydrogen-bond donors (Lipinski definition) is 1. The van der Waals surface area contributed by atoms with Crippen molar-refractivity contribution in [3.63, 3.8) is 0 Å². The Balaban J connectivity index is 1.68. The number of carboxylic acids is 1. The SMILES string of the molecule is CC(c1ccncc1)N1CC23C=CC(O2)C(C(=O)O)C3C1=O. The Morgan fingerprint density at radius 2 is 2.23 bits per heavy atom. The van der Waals surface area contributed by atoms with E-state index in [9.17, 15) is 14.7 Å². The zero-order valence-electron chi connectivity index (χ0n) is 12.0. The van der Waals surface area contributed by atoms with E-state index < -0.39 is 29.5 Å². The highest BCUT2D eigenvalue weighted by molar-refractivity contribution is 5.91. The summed E-state index contributed by atoms with van der Waals surface area (Å²) in [6.45, 7) is 2.34. The first-order valence-corrected chi connectivity index (χ1v) is 7.34. The molecular weight excluding hydrogens is 284 g/mol. The number of ether oxygens (including phenoxy) is 1. The summed E-state index contributed by atoms with van der Waals surface area (Å²) in [5, 5.41) is 9.45. The molecule has 0 aliphatic carbocycles. The fourth-order valence-corrected chi connectivity index (χ4v) is 3.96. The molecule has 0 aromatic carbocycles. The molecule has 4 heterocycles. The number of amides is 1. The molecule has 1 spiro atoms. The molecule has 2 fully saturated rings. The number of carboxylic acid groups (broad SMARTS) is 1. The van der Waals surface area contributed by atoms with Crippen LogP contribution in [0.2, 0.25) is 0 Å². The topological polar surface area (TPSA) is 79.7 Å². The van der Waals surface area contributed by atoms with E-state index in [2.05, 4.69) is 4.98 Å². The maximum atomic E-state index is 12.8. The maximum Gasteiger partial charge on any atom is 0.310 e. The van der Waals surface area contributed by atoms with E-state index in [0.29, 0.717) is 6.54 Å². The molecule has 2 saturated heterocycles. The molecule has 0 radical (unpaired) electrons. The van der Waals surface area contributed by atoms with Gasteiger partial charge in [-0.3, -0.25) is 14.6 Å². The zero-order valence-corrected chi connectivity index (χ0v) is 12.0. The summed E-state index contributed by atoms with van der Waals surface area (Å²) >= 11 is 0. The van der Waals surface area contributed by atoms with Crippen LogP contribution in [0.4, 0.5) is 0 Å². The van der Waals surface area contributed by atoms with Crippen LogP contribution in [0.3, 0.4) is 0 Å². The van der Waals surface area contributed by atoms with Crippen LogP contribution in [0.25, 0.3) is 0 Å². The van der Waals surface area contributed by atoms with E-state index in [-0.39, 0.29) is 11.9 Å². The van der Waals surface area contributed by atoms with Crippen molar-refractivity contribution in [1.82, 2.24) is 9.88 Å². The summed E-state index contributed by atoms with van der Waals surface area (Å²) in [7, 11) is 0. The molecule has 1 aromatic heterocycles. The molecule has 3 aliphatic heterocycles. The Kier molecular flexibility index (Phi) is 2.69. The molecule has 3 aliphatic rings. The number of nitrogens with zero attached hydrogens (tertiary/aromatic N) is 2. The van der Waals surface area contributed by atoms with Gasteiger partial charge in [-0.15, -0.1) is 0 Å². The number of carbonyl (C=O) groups is 2. The summed E-state index contributed by atoms with van der Waals surface area (Å²) < 4.78 is 5.88. The Morgan fingerprint density at radius 1 is 1.50 bits per heavy atom. The molecular formula is C16H16N2O4. The quantitative estimate of drug-likeness (QED) is 0.843. The number of fused-ring (bicyclic) bond motifs is 1. The highest BCUT2D eigenvalue weighted by atomic mass is 16.5. The van der Waals surface area contributed by atoms with Gasteiger partial charge in [0.15, 0.2) is 0 Å². The van der Waals surface area contributed by atoms with E-state index in [0.717, 1.165) is 5.56 Å². The lowest BCUT2D eigenvalue weighted by molar-refractivity contribution is -0.148. The number of carbonyl (C=O) groups excluding carboxylic acids is 1. The standard InChI is InChI=1S/C16H16N2O4/c1-9(10-3-6-17-7-4-10)18-8-16-5-2-11(22-16)12(15(20)21)13(16)14(18)19/h2-7,9,11-13H,8H2,1H3,(H,20,21). The summed E-state index contributed by atoms with van der Waals surface area (Å²) in [5.41, 5.74) is 0.205. The van der Waals surface area contributed by atoms with E-state index in [1.54, 1.807) is 23.4 Å². The Labute approximate surface area is 127 Å². The number of aliphatic carboxylic acids is 1. The van der Waals surface area contributed by atoms with Gasteiger partial charge in [-0.05, 0) is 24.6 Å². The minimum atomic E-state index is -0.965. The average Bonchev–Trinajstić information content (AvgIpc) is 3.15. The van der Waals surface area contributed by atoms with Crippen LogP contribution >= 0.6 is 0 Å². The number of rotatable bonds is 3. The fourth-order valence-electron chi connectivity index (χ4n) is 3.96. The minimum Gasteiger partial charge on any atom is -0.481 e. The van der Waals surface area contributed by atoms with Crippen LogP contribution in [0.1, 0.15) is 18.5 Å². The second-order valence-electron chi connectivity index (χ2n) is 6.16. The average molecular weight is 300 g/mol. The second-order valence-corrected chi connectivity index (χ2v) is 6.16. The Bertz CT molecular complexity index is 674. The number of hydrogen-bond acceptors (Lipinski definition) is 4. The number of aromatic nitrogens is 1. The van der Waals surface area contributed by atoms with Gasteiger partial charge in [0, 0.05) is 12.4 Å². The van der Waals surface area contributed by atoms with Crippen molar-refractivity contribution >= 4 is 11.9 Å². The Hall–Kier alpha value is -2.21. The molecule has 114 valence electrons. The molecule has 4 rings (SSSR count). The smallest absolute Gasteiger partial charge is 0.310 e. The van der Waals surface area contributed by atoms with Crippen molar-refractivity contribution in [2.45, 2.75) is 24.7 Å². The van der Waals surface area contributed by atoms with Gasteiger partial charge >= 0.3 is 5.97 Å². The number of pyridine rings is 1. The van der Waals surface area contributed by atoms with Crippen LogP contribution in [0, 0.1) is 11.8 Å². The molecule has 6 nitrogen and oxygen atoms in total. The maximum absolute atomic E-state index is 12.8.